The number of carboxylic acid groups (broad SMARTS) is 1. The van der Waals surface area contributed by atoms with Crippen LogP contribution in [-0.2, 0) is 27.4 Å². The number of anilines is 2. The quantitative estimate of drug-likeness (QED) is 0.254. The van der Waals surface area contributed by atoms with Crippen molar-refractivity contribution in [2.24, 2.45) is 0 Å². The van der Waals surface area contributed by atoms with Crippen LogP contribution in [-0.4, -0.2) is 67.6 Å². The van der Waals surface area contributed by atoms with Crippen LogP contribution < -0.4 is 9.62 Å². The fraction of sp³-hybridized carbons (Fsp3) is 0.370. The molecule has 2 heterocycles. The molecule has 9 nitrogen and oxygen atoms in total. The number of halogens is 5. The minimum atomic E-state index is -4.54. The van der Waals surface area contributed by atoms with Crippen LogP contribution in [0.5, 0.6) is 0 Å². The van der Waals surface area contributed by atoms with Crippen LogP contribution in [0.4, 0.5) is 29.1 Å². The van der Waals surface area contributed by atoms with Crippen molar-refractivity contribution in [3.05, 3.63) is 77.0 Å². The van der Waals surface area contributed by atoms with E-state index in [0.29, 0.717) is 37.2 Å². The van der Waals surface area contributed by atoms with Crippen LogP contribution in [0, 0.1) is 5.82 Å². The largest absolute Gasteiger partial charge is 0.483 e. The van der Waals surface area contributed by atoms with E-state index >= 15 is 4.39 Å². The van der Waals surface area contributed by atoms with Gasteiger partial charge in [0, 0.05) is 30.5 Å². The molecule has 15 heteroatoms. The number of sulfonamides is 1. The van der Waals surface area contributed by atoms with Gasteiger partial charge in [-0.05, 0) is 81.7 Å². The lowest BCUT2D eigenvalue weighted by Gasteiger charge is -2.48. The number of nitrogens with one attached hydrogen (secondary N) is 1. The first kappa shape index (κ1) is 33.0. The molecule has 0 bridgehead atoms. The van der Waals surface area contributed by atoms with Crippen LogP contribution in [0.2, 0.25) is 5.02 Å². The third-order valence-electron chi connectivity index (χ3n) is 7.11. The van der Waals surface area contributed by atoms with Crippen molar-refractivity contribution < 1.29 is 35.9 Å². The first-order valence-corrected chi connectivity index (χ1v) is 14.5. The van der Waals surface area contributed by atoms with Crippen LogP contribution in [0.3, 0.4) is 0 Å². The van der Waals surface area contributed by atoms with E-state index in [2.05, 4.69) is 19.6 Å². The van der Waals surface area contributed by atoms with Crippen molar-refractivity contribution in [2.75, 3.05) is 36.8 Å². The molecule has 0 radical (unpaired) electrons. The molecule has 0 amide bonds. The number of hydrogen-bond acceptors (Lipinski definition) is 7. The lowest BCUT2D eigenvalue weighted by molar-refractivity contribution is -0.137. The minimum Gasteiger partial charge on any atom is -0.483 e. The second-order valence-electron chi connectivity index (χ2n) is 9.88. The van der Waals surface area contributed by atoms with Crippen LogP contribution in [0.15, 0.2) is 59.9 Å². The molecule has 0 aliphatic carbocycles. The van der Waals surface area contributed by atoms with Gasteiger partial charge in [-0.1, -0.05) is 17.7 Å². The molecule has 1 atom stereocenters. The number of nitrogens with zero attached hydrogens (tertiary/aromatic N) is 4. The Morgan fingerprint density at radius 1 is 1.19 bits per heavy atom. The first-order valence-electron chi connectivity index (χ1n) is 12.7. The van der Waals surface area contributed by atoms with Crippen molar-refractivity contribution in [2.45, 2.75) is 42.3 Å². The fourth-order valence-electron chi connectivity index (χ4n) is 4.90. The molecule has 4 rings (SSSR count). The third-order valence-corrected chi connectivity index (χ3v) is 8.83. The molecule has 2 aromatic carbocycles. The Morgan fingerprint density at radius 2 is 1.90 bits per heavy atom. The van der Waals surface area contributed by atoms with E-state index in [1.54, 1.807) is 12.1 Å². The summed E-state index contributed by atoms with van der Waals surface area (Å²) in [5.41, 5.74) is -0.204. The zero-order valence-electron chi connectivity index (χ0n) is 22.8. The highest BCUT2D eigenvalue weighted by atomic mass is 35.5. The van der Waals surface area contributed by atoms with E-state index in [1.807, 2.05) is 19.0 Å². The number of hydrogen-bond donors (Lipinski definition) is 2. The van der Waals surface area contributed by atoms with E-state index in [1.165, 1.54) is 36.8 Å². The summed E-state index contributed by atoms with van der Waals surface area (Å²) in [6, 6.07) is 9.28. The molecule has 2 N–H and O–H groups in total. The summed E-state index contributed by atoms with van der Waals surface area (Å²) in [4.78, 5) is 19.4. The van der Waals surface area contributed by atoms with Gasteiger partial charge in [0.05, 0.1) is 10.6 Å². The highest BCUT2D eigenvalue weighted by molar-refractivity contribution is 7.92. The van der Waals surface area contributed by atoms with Gasteiger partial charge >= 0.3 is 6.18 Å². The van der Waals surface area contributed by atoms with Gasteiger partial charge in [-0.3, -0.25) is 9.52 Å². The Labute approximate surface area is 246 Å². The Balaban J connectivity index is 0.00000155. The number of rotatable bonds is 8. The molecule has 3 aromatic rings. The Bertz CT molecular complexity index is 1480. The number of benzene rings is 2. The Hall–Kier alpha value is -3.49. The standard InChI is InChI=1S/C26H28ClF4N5O2S.CH2O2/c1-35(2)25(11-8-18-4-6-21(27)20(14-18)26(29,30)31)10-3-13-36(16-25)19-5-7-23(22(28)15-19)39(37,38)34-24-9-12-32-17-33-24;2-1-3/h4-7,9,12,14-15,17H,3,8,10-11,13,16H2,1-2H3,(H,32,33,34);1H,(H,2,3). The summed E-state index contributed by atoms with van der Waals surface area (Å²) in [5, 5.41) is 6.55. The van der Waals surface area contributed by atoms with Gasteiger partial charge in [0.2, 0.25) is 0 Å². The topological polar surface area (TPSA) is 116 Å². The zero-order valence-corrected chi connectivity index (χ0v) is 24.3. The van der Waals surface area contributed by atoms with Gasteiger partial charge in [0.25, 0.3) is 16.5 Å². The average Bonchev–Trinajstić information content (AvgIpc) is 2.92. The molecule has 1 saturated heterocycles. The summed E-state index contributed by atoms with van der Waals surface area (Å²) in [6.07, 6.45) is 0.520. The second-order valence-corrected chi connectivity index (χ2v) is 11.9. The molecular formula is C27H30ClF4N5O4S. The van der Waals surface area contributed by atoms with Gasteiger partial charge < -0.3 is 14.9 Å². The van der Waals surface area contributed by atoms with Crippen molar-refractivity contribution in [1.82, 2.24) is 14.9 Å². The van der Waals surface area contributed by atoms with Gasteiger partial charge in [0.1, 0.15) is 22.9 Å². The number of alkyl halides is 3. The molecule has 228 valence electrons. The van der Waals surface area contributed by atoms with Gasteiger partial charge in [-0.25, -0.2) is 22.8 Å². The number of aromatic nitrogens is 2. The summed E-state index contributed by atoms with van der Waals surface area (Å²) >= 11 is 5.77. The second kappa shape index (κ2) is 13.7. The lowest BCUT2D eigenvalue weighted by Crippen LogP contribution is -2.56. The molecule has 0 spiro atoms. The number of piperidine rings is 1. The van der Waals surface area contributed by atoms with Crippen molar-refractivity contribution in [1.29, 1.82) is 0 Å². The molecule has 0 saturated carbocycles. The van der Waals surface area contributed by atoms with E-state index in [9.17, 15) is 21.6 Å². The number of carbonyl (C=O) groups is 1. The molecule has 42 heavy (non-hydrogen) atoms. The Kier molecular flexibility index (Phi) is 10.7. The summed E-state index contributed by atoms with van der Waals surface area (Å²) in [6.45, 7) is 0.865. The van der Waals surface area contributed by atoms with Gasteiger partial charge in [0.15, 0.2) is 0 Å². The van der Waals surface area contributed by atoms with Gasteiger partial charge in [-0.15, -0.1) is 0 Å². The smallest absolute Gasteiger partial charge is 0.417 e. The molecule has 1 unspecified atom stereocenters. The molecule has 1 aliphatic rings. The average molecular weight is 632 g/mol. The van der Waals surface area contributed by atoms with E-state index in [4.69, 9.17) is 21.5 Å². The molecule has 1 fully saturated rings. The van der Waals surface area contributed by atoms with Crippen LogP contribution in [0.1, 0.15) is 30.4 Å². The van der Waals surface area contributed by atoms with Crippen molar-refractivity contribution >= 4 is 39.6 Å². The molecular weight excluding hydrogens is 602 g/mol. The monoisotopic (exact) mass is 631 g/mol. The normalized spacial score (nSPS) is 17.4. The van der Waals surface area contributed by atoms with Gasteiger partial charge in [-0.2, -0.15) is 13.2 Å². The number of likely N-dealkylation sites (N-methyl/N-ethyl adjacent to an activating group) is 1. The van der Waals surface area contributed by atoms with Crippen molar-refractivity contribution in [3.63, 3.8) is 0 Å². The highest BCUT2D eigenvalue weighted by Gasteiger charge is 2.38. The van der Waals surface area contributed by atoms with Crippen LogP contribution in [0.25, 0.3) is 0 Å². The minimum absolute atomic E-state index is 0.0170. The predicted octanol–water partition coefficient (Wildman–Crippen LogP) is 5.32. The highest BCUT2D eigenvalue weighted by Crippen LogP contribution is 2.37. The van der Waals surface area contributed by atoms with E-state index < -0.39 is 38.0 Å². The number of aryl methyl sites for hydroxylation is 1. The maximum atomic E-state index is 15.1. The summed E-state index contributed by atoms with van der Waals surface area (Å²) < 4.78 is 82.8. The third kappa shape index (κ3) is 8.07. The van der Waals surface area contributed by atoms with E-state index in [-0.39, 0.29) is 17.3 Å². The fourth-order valence-corrected chi connectivity index (χ4v) is 6.19. The predicted molar refractivity (Wildman–Crippen MR) is 151 cm³/mol. The maximum absolute atomic E-state index is 15.1. The zero-order chi connectivity index (χ0) is 31.1. The summed E-state index contributed by atoms with van der Waals surface area (Å²) in [5.74, 6) is -0.890. The lowest BCUT2D eigenvalue weighted by atomic mass is 9.82. The van der Waals surface area contributed by atoms with E-state index in [0.717, 1.165) is 18.9 Å². The van der Waals surface area contributed by atoms with Crippen LogP contribution >= 0.6 is 11.6 Å². The first-order chi connectivity index (χ1) is 19.7. The van der Waals surface area contributed by atoms with Crippen molar-refractivity contribution in [3.8, 4) is 0 Å². The Morgan fingerprint density at radius 3 is 2.50 bits per heavy atom. The molecule has 1 aromatic heterocycles. The summed E-state index contributed by atoms with van der Waals surface area (Å²) in [7, 11) is -0.379. The maximum Gasteiger partial charge on any atom is 0.417 e. The molecule has 1 aliphatic heterocycles. The SMILES string of the molecule is CN(C)C1(CCc2ccc(Cl)c(C(F)(F)F)c2)CCCN(c2ccc(S(=O)(=O)Nc3ccncn3)c(F)c2)C1.O=CO.